The van der Waals surface area contributed by atoms with E-state index in [1.165, 1.54) is 0 Å². The maximum Gasteiger partial charge on any atom is 0.248 e. The van der Waals surface area contributed by atoms with Gasteiger partial charge < -0.3 is 15.7 Å². The molecule has 24 heavy (non-hydrogen) atoms. The minimum Gasteiger partial charge on any atom is -0.387 e. The van der Waals surface area contributed by atoms with Crippen LogP contribution in [0.3, 0.4) is 0 Å². The number of amides is 1. The summed E-state index contributed by atoms with van der Waals surface area (Å²) >= 11 is 0. The van der Waals surface area contributed by atoms with Crippen molar-refractivity contribution in [3.63, 3.8) is 0 Å². The van der Waals surface area contributed by atoms with E-state index in [2.05, 4.69) is 15.7 Å². The summed E-state index contributed by atoms with van der Waals surface area (Å²) in [6.45, 7) is 3.74. The molecule has 1 aromatic carbocycles. The molecule has 0 saturated carbocycles. The summed E-state index contributed by atoms with van der Waals surface area (Å²) in [6, 6.07) is 9.52. The van der Waals surface area contributed by atoms with Crippen molar-refractivity contribution >= 4 is 5.91 Å². The molecule has 1 amide bonds. The minimum atomic E-state index is -0.717. The number of hydrogen-bond acceptors (Lipinski definition) is 4. The number of aryl methyl sites for hydroxylation is 1. The summed E-state index contributed by atoms with van der Waals surface area (Å²) in [4.78, 5) is 12.9. The number of aliphatic hydroxyl groups is 1. The Hall–Kier alpha value is -2.18. The number of benzene rings is 1. The number of piperidine rings is 1. The zero-order valence-electron chi connectivity index (χ0n) is 13.9. The van der Waals surface area contributed by atoms with E-state index in [0.717, 1.165) is 24.2 Å². The third kappa shape index (κ3) is 3.34. The van der Waals surface area contributed by atoms with Gasteiger partial charge in [-0.05, 0) is 44.5 Å². The number of carbonyl (C=O) groups is 1. The van der Waals surface area contributed by atoms with Crippen LogP contribution < -0.4 is 10.6 Å². The summed E-state index contributed by atoms with van der Waals surface area (Å²) in [5.74, 6) is -0.0844. The largest absolute Gasteiger partial charge is 0.387 e. The highest BCUT2D eigenvalue weighted by atomic mass is 16.3. The molecule has 1 aliphatic heterocycles. The molecule has 2 heterocycles. The molecule has 1 atom stereocenters. The lowest BCUT2D eigenvalue weighted by Crippen LogP contribution is -2.55. The predicted octanol–water partition coefficient (Wildman–Crippen LogP) is 1.12. The lowest BCUT2D eigenvalue weighted by atomic mass is 9.87. The number of rotatable bonds is 5. The molecule has 0 spiro atoms. The van der Waals surface area contributed by atoms with Crippen molar-refractivity contribution in [2.45, 2.75) is 31.4 Å². The molecular formula is C18H24N4O2. The van der Waals surface area contributed by atoms with Gasteiger partial charge in [-0.3, -0.25) is 9.48 Å². The average molecular weight is 328 g/mol. The van der Waals surface area contributed by atoms with E-state index in [1.54, 1.807) is 10.9 Å². The van der Waals surface area contributed by atoms with E-state index < -0.39 is 11.6 Å². The quantitative estimate of drug-likeness (QED) is 0.768. The van der Waals surface area contributed by atoms with Crippen molar-refractivity contribution in [2.75, 3.05) is 19.6 Å². The van der Waals surface area contributed by atoms with Crippen molar-refractivity contribution in [1.29, 1.82) is 0 Å². The highest BCUT2D eigenvalue weighted by molar-refractivity contribution is 5.84. The summed E-state index contributed by atoms with van der Waals surface area (Å²) in [6.07, 6.45) is 4.17. The van der Waals surface area contributed by atoms with Crippen molar-refractivity contribution in [1.82, 2.24) is 20.4 Å². The number of carbonyl (C=O) groups excluding carboxylic acids is 1. The first-order chi connectivity index (χ1) is 11.6. The molecule has 3 rings (SSSR count). The second-order valence-electron chi connectivity index (χ2n) is 6.37. The number of aromatic nitrogens is 2. The fourth-order valence-corrected chi connectivity index (χ4v) is 3.18. The zero-order valence-corrected chi connectivity index (χ0v) is 13.9. The molecular weight excluding hydrogens is 304 g/mol. The van der Waals surface area contributed by atoms with Gasteiger partial charge in [-0.1, -0.05) is 29.8 Å². The van der Waals surface area contributed by atoms with Crippen molar-refractivity contribution in [3.05, 3.63) is 53.9 Å². The smallest absolute Gasteiger partial charge is 0.248 e. The van der Waals surface area contributed by atoms with Gasteiger partial charge in [0, 0.05) is 18.9 Å². The van der Waals surface area contributed by atoms with E-state index in [9.17, 15) is 9.90 Å². The third-order valence-corrected chi connectivity index (χ3v) is 4.71. The highest BCUT2D eigenvalue weighted by Gasteiger charge is 2.41. The molecule has 0 bridgehead atoms. The Kier molecular flexibility index (Phi) is 4.97. The molecule has 1 saturated heterocycles. The Labute approximate surface area is 141 Å². The van der Waals surface area contributed by atoms with E-state index in [1.807, 2.05) is 43.5 Å². The predicted molar refractivity (Wildman–Crippen MR) is 91.5 cm³/mol. The fourth-order valence-electron chi connectivity index (χ4n) is 3.18. The standard InChI is InChI=1S/C18H24N4O2/c1-14-3-5-15(6-4-14)16(23)13-20-17(24)18(7-10-19-11-8-18)22-12-2-9-21-22/h2-6,9,12,16,19,23H,7-8,10-11,13H2,1H3,(H,20,24). The van der Waals surface area contributed by atoms with Crippen LogP contribution in [0.1, 0.15) is 30.1 Å². The van der Waals surface area contributed by atoms with Crippen LogP contribution in [0.2, 0.25) is 0 Å². The van der Waals surface area contributed by atoms with Crippen molar-refractivity contribution in [2.24, 2.45) is 0 Å². The number of nitrogens with zero attached hydrogens (tertiary/aromatic N) is 2. The van der Waals surface area contributed by atoms with Gasteiger partial charge in [0.2, 0.25) is 5.91 Å². The minimum absolute atomic E-state index is 0.0844. The van der Waals surface area contributed by atoms with Crippen LogP contribution in [0.25, 0.3) is 0 Å². The molecule has 6 nitrogen and oxygen atoms in total. The van der Waals surface area contributed by atoms with Gasteiger partial charge in [-0.25, -0.2) is 0 Å². The van der Waals surface area contributed by atoms with E-state index in [4.69, 9.17) is 0 Å². The topological polar surface area (TPSA) is 79.2 Å². The Morgan fingerprint density at radius 3 is 2.71 bits per heavy atom. The Balaban J connectivity index is 1.69. The molecule has 3 N–H and O–H groups in total. The van der Waals surface area contributed by atoms with Gasteiger partial charge in [0.15, 0.2) is 0 Å². The monoisotopic (exact) mass is 328 g/mol. The first kappa shape index (κ1) is 16.7. The van der Waals surface area contributed by atoms with E-state index in [0.29, 0.717) is 12.8 Å². The zero-order chi connectivity index (χ0) is 17.0. The maximum atomic E-state index is 12.9. The second-order valence-corrected chi connectivity index (χ2v) is 6.37. The van der Waals surface area contributed by atoms with Crippen molar-refractivity contribution < 1.29 is 9.90 Å². The summed E-state index contributed by atoms with van der Waals surface area (Å²) in [5.41, 5.74) is 1.27. The number of nitrogens with one attached hydrogen (secondary N) is 2. The molecule has 0 radical (unpaired) electrons. The molecule has 1 aliphatic rings. The first-order valence-corrected chi connectivity index (χ1v) is 8.36. The van der Waals surface area contributed by atoms with Crippen molar-refractivity contribution in [3.8, 4) is 0 Å². The molecule has 128 valence electrons. The van der Waals surface area contributed by atoms with Gasteiger partial charge in [0.1, 0.15) is 5.54 Å². The Morgan fingerprint density at radius 1 is 1.38 bits per heavy atom. The molecule has 2 aromatic rings. The van der Waals surface area contributed by atoms with Crippen LogP contribution in [-0.4, -0.2) is 40.4 Å². The van der Waals surface area contributed by atoms with Crippen LogP contribution in [0.15, 0.2) is 42.7 Å². The molecule has 1 fully saturated rings. The lowest BCUT2D eigenvalue weighted by molar-refractivity contribution is -0.132. The van der Waals surface area contributed by atoms with Crippen LogP contribution in [0, 0.1) is 6.92 Å². The summed E-state index contributed by atoms with van der Waals surface area (Å²) in [7, 11) is 0. The van der Waals surface area contributed by atoms with Crippen LogP contribution >= 0.6 is 0 Å². The number of hydrogen-bond donors (Lipinski definition) is 3. The second kappa shape index (κ2) is 7.15. The average Bonchev–Trinajstić information content (AvgIpc) is 3.15. The lowest BCUT2D eigenvalue weighted by Gasteiger charge is -2.36. The summed E-state index contributed by atoms with van der Waals surface area (Å²) in [5, 5.41) is 20.8. The molecule has 0 aliphatic carbocycles. The van der Waals surface area contributed by atoms with Crippen LogP contribution in [0.5, 0.6) is 0 Å². The Bertz CT molecular complexity index is 661. The van der Waals surface area contributed by atoms with E-state index >= 15 is 0 Å². The van der Waals surface area contributed by atoms with Crippen LogP contribution in [-0.2, 0) is 10.3 Å². The Morgan fingerprint density at radius 2 is 2.08 bits per heavy atom. The highest BCUT2D eigenvalue weighted by Crippen LogP contribution is 2.27. The normalized spacial score (nSPS) is 18.1. The van der Waals surface area contributed by atoms with Gasteiger partial charge in [0.25, 0.3) is 0 Å². The van der Waals surface area contributed by atoms with Gasteiger partial charge in [-0.2, -0.15) is 5.10 Å². The van der Waals surface area contributed by atoms with E-state index in [-0.39, 0.29) is 12.5 Å². The third-order valence-electron chi connectivity index (χ3n) is 4.71. The molecule has 1 aromatic heterocycles. The summed E-state index contributed by atoms with van der Waals surface area (Å²) < 4.78 is 1.75. The van der Waals surface area contributed by atoms with Gasteiger partial charge in [0.05, 0.1) is 6.10 Å². The molecule has 1 unspecified atom stereocenters. The fraction of sp³-hybridized carbons (Fsp3) is 0.444. The molecule has 6 heteroatoms. The first-order valence-electron chi connectivity index (χ1n) is 8.36. The van der Waals surface area contributed by atoms with Crippen LogP contribution in [0.4, 0.5) is 0 Å². The SMILES string of the molecule is Cc1ccc(C(O)CNC(=O)C2(n3cccn3)CCNCC2)cc1. The van der Waals surface area contributed by atoms with Gasteiger partial charge in [-0.15, -0.1) is 0 Å². The van der Waals surface area contributed by atoms with Gasteiger partial charge >= 0.3 is 0 Å². The number of aliphatic hydroxyl groups excluding tert-OH is 1. The maximum absolute atomic E-state index is 12.9.